The molecule has 4 rings (SSSR count). The summed E-state index contributed by atoms with van der Waals surface area (Å²) in [6.07, 6.45) is -4.71. The van der Waals surface area contributed by atoms with Crippen molar-refractivity contribution in [1.82, 2.24) is 25.5 Å². The van der Waals surface area contributed by atoms with Gasteiger partial charge >= 0.3 is 6.18 Å². The number of amides is 2. The molecule has 0 aliphatic heterocycles. The van der Waals surface area contributed by atoms with Crippen LogP contribution in [0.2, 0.25) is 0 Å². The Hall–Kier alpha value is -4.55. The molecule has 40 heavy (non-hydrogen) atoms. The number of furan rings is 1. The Bertz CT molecular complexity index is 1520. The lowest BCUT2D eigenvalue weighted by Gasteiger charge is -2.32. The van der Waals surface area contributed by atoms with E-state index in [0.717, 1.165) is 27.9 Å². The fourth-order valence-corrected chi connectivity index (χ4v) is 3.94. The Morgan fingerprint density at radius 2 is 1.77 bits per heavy atom. The van der Waals surface area contributed by atoms with E-state index >= 15 is 0 Å². The van der Waals surface area contributed by atoms with Crippen LogP contribution >= 0.6 is 0 Å². The van der Waals surface area contributed by atoms with Gasteiger partial charge < -0.3 is 9.73 Å². The maximum Gasteiger partial charge on any atom is 0.416 e. The van der Waals surface area contributed by atoms with Gasteiger partial charge in [-0.25, -0.2) is 4.39 Å². The maximum absolute atomic E-state index is 14.2. The molecule has 0 saturated heterocycles. The van der Waals surface area contributed by atoms with E-state index in [1.54, 1.807) is 39.8 Å². The van der Waals surface area contributed by atoms with Gasteiger partial charge in [-0.15, -0.1) is 10.2 Å². The summed E-state index contributed by atoms with van der Waals surface area (Å²) in [5.74, 6) is -1.78. The van der Waals surface area contributed by atoms with Crippen LogP contribution in [0, 0.1) is 12.7 Å². The van der Waals surface area contributed by atoms with Crippen LogP contribution < -0.4 is 10.2 Å². The van der Waals surface area contributed by atoms with E-state index < -0.39 is 47.5 Å². The smallest absolute Gasteiger partial charge is 0.416 e. The number of hydrogen-bond donors (Lipinski definition) is 1. The molecule has 1 atom stereocenters. The molecule has 0 saturated carbocycles. The molecule has 1 unspecified atom stereocenters. The summed E-state index contributed by atoms with van der Waals surface area (Å²) in [5, 5.41) is 14.4. The van der Waals surface area contributed by atoms with Crippen molar-refractivity contribution in [2.45, 2.75) is 52.0 Å². The van der Waals surface area contributed by atoms with Gasteiger partial charge in [-0.3, -0.25) is 14.5 Å². The summed E-state index contributed by atoms with van der Waals surface area (Å²) in [6.45, 7) is 6.15. The molecule has 2 aromatic carbocycles. The van der Waals surface area contributed by atoms with E-state index in [1.807, 2.05) is 0 Å². The van der Waals surface area contributed by atoms with Crippen LogP contribution in [0.15, 0.2) is 65.1 Å². The molecule has 0 fully saturated rings. The SMILES string of the molecule is Cc1ccc(C(C(=O)NC(C)(C)C)N(C(=O)Cn2nnc(-c3ccccc3F)n2)c2cccc(C(F)(F)F)c2)o1. The molecule has 2 heterocycles. The van der Waals surface area contributed by atoms with E-state index in [-0.39, 0.29) is 22.8 Å². The highest BCUT2D eigenvalue weighted by atomic mass is 19.4. The van der Waals surface area contributed by atoms with Gasteiger partial charge in [0.2, 0.25) is 5.82 Å². The van der Waals surface area contributed by atoms with Crippen LogP contribution in [0.5, 0.6) is 0 Å². The normalized spacial score (nSPS) is 12.7. The predicted molar refractivity (Wildman–Crippen MR) is 136 cm³/mol. The summed E-state index contributed by atoms with van der Waals surface area (Å²) in [5.41, 5.74) is -1.93. The number of rotatable bonds is 7. The second-order valence-electron chi connectivity index (χ2n) is 10.0. The molecule has 4 aromatic rings. The minimum atomic E-state index is -4.71. The number of benzene rings is 2. The van der Waals surface area contributed by atoms with Crippen molar-refractivity contribution < 1.29 is 31.6 Å². The lowest BCUT2D eigenvalue weighted by atomic mass is 10.0. The maximum atomic E-state index is 14.2. The van der Waals surface area contributed by atoms with Crippen molar-refractivity contribution in [3.05, 3.63) is 83.6 Å². The van der Waals surface area contributed by atoms with E-state index in [9.17, 15) is 27.2 Å². The van der Waals surface area contributed by atoms with Crippen LogP contribution in [0.4, 0.5) is 23.2 Å². The van der Waals surface area contributed by atoms with Gasteiger partial charge in [0.05, 0.1) is 11.1 Å². The number of nitrogens with zero attached hydrogens (tertiary/aromatic N) is 5. The van der Waals surface area contributed by atoms with Crippen molar-refractivity contribution >= 4 is 17.5 Å². The summed E-state index contributed by atoms with van der Waals surface area (Å²) in [6, 6.07) is 11.3. The van der Waals surface area contributed by atoms with Gasteiger partial charge in [-0.2, -0.15) is 18.0 Å². The Morgan fingerprint density at radius 3 is 2.40 bits per heavy atom. The van der Waals surface area contributed by atoms with Gasteiger partial charge in [-0.1, -0.05) is 18.2 Å². The zero-order valence-electron chi connectivity index (χ0n) is 22.0. The summed E-state index contributed by atoms with van der Waals surface area (Å²) < 4.78 is 60.8. The number of carbonyl (C=O) groups excluding carboxylic acids is 2. The highest BCUT2D eigenvalue weighted by Crippen LogP contribution is 2.35. The van der Waals surface area contributed by atoms with Crippen molar-refractivity contribution in [2.24, 2.45) is 0 Å². The number of halogens is 4. The van der Waals surface area contributed by atoms with Crippen molar-refractivity contribution in [1.29, 1.82) is 0 Å². The quantitative estimate of drug-likeness (QED) is 0.317. The molecule has 0 aliphatic carbocycles. The number of tetrazole rings is 1. The van der Waals surface area contributed by atoms with Crippen molar-refractivity contribution in [3.63, 3.8) is 0 Å². The van der Waals surface area contributed by atoms with Crippen LogP contribution in [-0.2, 0) is 22.3 Å². The fraction of sp³-hybridized carbons (Fsp3) is 0.296. The van der Waals surface area contributed by atoms with Crippen molar-refractivity contribution in [3.8, 4) is 11.4 Å². The highest BCUT2D eigenvalue weighted by molar-refractivity contribution is 6.01. The number of anilines is 1. The van der Waals surface area contributed by atoms with Crippen molar-refractivity contribution in [2.75, 3.05) is 4.90 Å². The zero-order valence-corrected chi connectivity index (χ0v) is 22.0. The van der Waals surface area contributed by atoms with Crippen LogP contribution in [-0.4, -0.2) is 37.6 Å². The molecular formula is C27H26F4N6O3. The topological polar surface area (TPSA) is 106 Å². The van der Waals surface area contributed by atoms with Gasteiger partial charge in [0.25, 0.3) is 11.8 Å². The first-order valence-electron chi connectivity index (χ1n) is 12.1. The summed E-state index contributed by atoms with van der Waals surface area (Å²) in [4.78, 5) is 29.1. The Balaban J connectivity index is 1.79. The summed E-state index contributed by atoms with van der Waals surface area (Å²) in [7, 11) is 0. The Kier molecular flexibility index (Phi) is 7.76. The Morgan fingerprint density at radius 1 is 1.05 bits per heavy atom. The average Bonchev–Trinajstić information content (AvgIpc) is 3.50. The third-order valence-corrected chi connectivity index (χ3v) is 5.60. The van der Waals surface area contributed by atoms with E-state index in [2.05, 4.69) is 20.7 Å². The number of alkyl halides is 3. The molecule has 2 amide bonds. The van der Waals surface area contributed by atoms with Gasteiger partial charge in [0.15, 0.2) is 6.04 Å². The van der Waals surface area contributed by atoms with Gasteiger partial charge in [0.1, 0.15) is 23.9 Å². The number of carbonyl (C=O) groups is 2. The molecule has 0 radical (unpaired) electrons. The number of aromatic nitrogens is 4. The van der Waals surface area contributed by atoms with E-state index in [0.29, 0.717) is 5.76 Å². The number of nitrogens with one attached hydrogen (secondary N) is 1. The number of hydrogen-bond acceptors (Lipinski definition) is 6. The first-order valence-corrected chi connectivity index (χ1v) is 12.1. The van der Waals surface area contributed by atoms with E-state index in [1.165, 1.54) is 30.3 Å². The van der Waals surface area contributed by atoms with Crippen LogP contribution in [0.25, 0.3) is 11.4 Å². The zero-order chi connectivity index (χ0) is 29.2. The highest BCUT2D eigenvalue weighted by Gasteiger charge is 2.38. The van der Waals surface area contributed by atoms with Crippen LogP contribution in [0.1, 0.15) is 43.9 Å². The second-order valence-corrected chi connectivity index (χ2v) is 10.0. The van der Waals surface area contributed by atoms with E-state index in [4.69, 9.17) is 4.42 Å². The minimum absolute atomic E-state index is 0.0311. The average molecular weight is 559 g/mol. The Labute approximate surface area is 226 Å². The molecule has 0 bridgehead atoms. The first kappa shape index (κ1) is 28.5. The summed E-state index contributed by atoms with van der Waals surface area (Å²) >= 11 is 0. The standard InChI is InChI=1S/C27H26F4N6O3/c1-16-12-13-21(40-16)23(25(39)32-26(2,3)4)37(18-9-7-8-17(14-18)27(29,30)31)22(38)15-36-34-24(33-35-36)19-10-5-6-11-20(19)28/h5-14,23H,15H2,1-4H3,(H,32,39). The fourth-order valence-electron chi connectivity index (χ4n) is 3.94. The molecule has 13 heteroatoms. The second kappa shape index (κ2) is 10.9. The predicted octanol–water partition coefficient (Wildman–Crippen LogP) is 5.09. The molecule has 0 aliphatic rings. The van der Waals surface area contributed by atoms with Gasteiger partial charge in [-0.05, 0) is 75.4 Å². The monoisotopic (exact) mass is 558 g/mol. The third-order valence-electron chi connectivity index (χ3n) is 5.60. The number of aryl methyl sites for hydroxylation is 1. The van der Waals surface area contributed by atoms with Crippen LogP contribution in [0.3, 0.4) is 0 Å². The largest absolute Gasteiger partial charge is 0.464 e. The van der Waals surface area contributed by atoms with Gasteiger partial charge in [0, 0.05) is 11.2 Å². The molecular weight excluding hydrogens is 532 g/mol. The third kappa shape index (κ3) is 6.53. The molecule has 9 nitrogen and oxygen atoms in total. The lowest BCUT2D eigenvalue weighted by molar-refractivity contribution is -0.137. The lowest BCUT2D eigenvalue weighted by Crippen LogP contribution is -2.50. The first-order chi connectivity index (χ1) is 18.7. The molecule has 1 N–H and O–H groups in total. The molecule has 2 aromatic heterocycles. The molecule has 0 spiro atoms. The molecule has 210 valence electrons. The minimum Gasteiger partial charge on any atom is -0.464 e.